The van der Waals surface area contributed by atoms with E-state index in [1.165, 1.54) is 6.92 Å². The van der Waals surface area contributed by atoms with Gasteiger partial charge in [-0.25, -0.2) is 8.42 Å². The zero-order valence-corrected chi connectivity index (χ0v) is 17.4. The summed E-state index contributed by atoms with van der Waals surface area (Å²) in [5.41, 5.74) is 3.37. The Morgan fingerprint density at radius 1 is 0.929 bits per heavy atom. The maximum Gasteiger partial charge on any atom is 0.247 e. The molecule has 7 nitrogen and oxygen atoms in total. The minimum atomic E-state index is -3.68. The number of sulfonamides is 1. The topological polar surface area (TPSA) is 95.6 Å². The molecule has 2 aromatic carbocycles. The van der Waals surface area contributed by atoms with Crippen molar-refractivity contribution in [3.05, 3.63) is 53.6 Å². The predicted octanol–water partition coefficient (Wildman–Crippen LogP) is 3.06. The molecule has 2 rings (SSSR count). The van der Waals surface area contributed by atoms with Crippen molar-refractivity contribution >= 4 is 38.9 Å². The van der Waals surface area contributed by atoms with Gasteiger partial charge < -0.3 is 10.6 Å². The molecular weight excluding hydrogens is 378 g/mol. The van der Waals surface area contributed by atoms with Gasteiger partial charge in [-0.1, -0.05) is 6.07 Å². The lowest BCUT2D eigenvalue weighted by molar-refractivity contribution is -0.117. The van der Waals surface area contributed by atoms with Crippen LogP contribution in [0.5, 0.6) is 0 Å². The zero-order valence-electron chi connectivity index (χ0n) is 16.6. The van der Waals surface area contributed by atoms with Crippen molar-refractivity contribution in [1.29, 1.82) is 0 Å². The summed E-state index contributed by atoms with van der Waals surface area (Å²) < 4.78 is 25.9. The van der Waals surface area contributed by atoms with Gasteiger partial charge >= 0.3 is 0 Å². The fraction of sp³-hybridized carbons (Fsp3) is 0.300. The quantitative estimate of drug-likeness (QED) is 0.775. The number of amides is 2. The van der Waals surface area contributed by atoms with Crippen LogP contribution in [0.15, 0.2) is 42.5 Å². The van der Waals surface area contributed by atoms with E-state index >= 15 is 0 Å². The third kappa shape index (κ3) is 5.56. The highest BCUT2D eigenvalue weighted by molar-refractivity contribution is 7.92. The molecule has 150 valence electrons. The molecular formula is C20H25N3O4S. The highest BCUT2D eigenvalue weighted by Gasteiger charge is 2.29. The van der Waals surface area contributed by atoms with Gasteiger partial charge in [0.2, 0.25) is 21.8 Å². The average molecular weight is 404 g/mol. The van der Waals surface area contributed by atoms with Crippen molar-refractivity contribution in [3.63, 3.8) is 0 Å². The van der Waals surface area contributed by atoms with Crippen molar-refractivity contribution in [2.24, 2.45) is 0 Å². The van der Waals surface area contributed by atoms with Crippen molar-refractivity contribution < 1.29 is 18.0 Å². The second-order valence-corrected chi connectivity index (χ2v) is 8.69. The first-order chi connectivity index (χ1) is 13.0. The molecule has 0 radical (unpaired) electrons. The Morgan fingerprint density at radius 2 is 1.39 bits per heavy atom. The number of carbonyl (C=O) groups excluding carboxylic acids is 2. The monoisotopic (exact) mass is 403 g/mol. The molecule has 28 heavy (non-hydrogen) atoms. The van der Waals surface area contributed by atoms with Crippen LogP contribution in [0.2, 0.25) is 0 Å². The lowest BCUT2D eigenvalue weighted by atomic mass is 10.1. The second kappa shape index (κ2) is 8.43. The number of hydrogen-bond acceptors (Lipinski definition) is 4. The number of carbonyl (C=O) groups is 2. The first-order valence-electron chi connectivity index (χ1n) is 8.73. The Hall–Kier alpha value is -2.87. The van der Waals surface area contributed by atoms with Crippen LogP contribution in [0.4, 0.5) is 17.1 Å². The molecule has 0 aliphatic heterocycles. The van der Waals surface area contributed by atoms with Gasteiger partial charge in [0.15, 0.2) is 0 Å². The Bertz CT molecular complexity index is 965. The molecule has 0 aromatic heterocycles. The Labute approximate surface area is 165 Å². The van der Waals surface area contributed by atoms with Crippen LogP contribution >= 0.6 is 0 Å². The summed E-state index contributed by atoms with van der Waals surface area (Å²) in [6, 6.07) is 11.0. The highest BCUT2D eigenvalue weighted by Crippen LogP contribution is 2.24. The van der Waals surface area contributed by atoms with E-state index < -0.39 is 22.0 Å². The van der Waals surface area contributed by atoms with Crippen LogP contribution in [0.25, 0.3) is 0 Å². The maximum absolute atomic E-state index is 12.7. The molecule has 0 aliphatic rings. The summed E-state index contributed by atoms with van der Waals surface area (Å²) in [5, 5.41) is 5.36. The molecule has 0 fully saturated rings. The van der Waals surface area contributed by atoms with Crippen molar-refractivity contribution in [2.75, 3.05) is 21.2 Å². The number of hydrogen-bond donors (Lipinski definition) is 2. The van der Waals surface area contributed by atoms with Gasteiger partial charge in [0, 0.05) is 18.3 Å². The molecule has 0 heterocycles. The number of aryl methyl sites for hydroxylation is 2. The first kappa shape index (κ1) is 21.4. The van der Waals surface area contributed by atoms with Crippen LogP contribution < -0.4 is 14.9 Å². The Kier molecular flexibility index (Phi) is 6.45. The molecule has 0 saturated heterocycles. The Morgan fingerprint density at radius 3 is 1.82 bits per heavy atom. The first-order valence-corrected chi connectivity index (χ1v) is 10.6. The molecule has 0 bridgehead atoms. The van der Waals surface area contributed by atoms with Crippen LogP contribution in [-0.2, 0) is 19.6 Å². The summed E-state index contributed by atoms with van der Waals surface area (Å²) in [6.45, 7) is 6.69. The van der Waals surface area contributed by atoms with Crippen molar-refractivity contribution in [2.45, 2.75) is 33.7 Å². The van der Waals surface area contributed by atoms with Crippen molar-refractivity contribution in [1.82, 2.24) is 0 Å². The van der Waals surface area contributed by atoms with E-state index in [9.17, 15) is 18.0 Å². The zero-order chi connectivity index (χ0) is 21.1. The number of nitrogens with zero attached hydrogens (tertiary/aromatic N) is 1. The maximum atomic E-state index is 12.7. The van der Waals surface area contributed by atoms with Gasteiger partial charge in [0.1, 0.15) is 6.04 Å². The molecule has 0 spiro atoms. The molecule has 2 N–H and O–H groups in total. The summed E-state index contributed by atoms with van der Waals surface area (Å²) in [4.78, 5) is 23.8. The number of rotatable bonds is 6. The summed E-state index contributed by atoms with van der Waals surface area (Å²) in [6.07, 6.45) is 1.08. The minimum Gasteiger partial charge on any atom is -0.326 e. The van der Waals surface area contributed by atoms with Crippen LogP contribution in [-0.4, -0.2) is 32.5 Å². The normalized spacial score (nSPS) is 12.2. The van der Waals surface area contributed by atoms with Gasteiger partial charge in [-0.05, 0) is 68.3 Å². The summed E-state index contributed by atoms with van der Waals surface area (Å²) in [5.74, 6) is -0.653. The number of nitrogens with one attached hydrogen (secondary N) is 2. The van der Waals surface area contributed by atoms with E-state index in [1.807, 2.05) is 19.9 Å². The lowest BCUT2D eigenvalue weighted by Gasteiger charge is -2.28. The molecule has 0 unspecified atom stereocenters. The largest absolute Gasteiger partial charge is 0.326 e. The smallest absolute Gasteiger partial charge is 0.247 e. The van der Waals surface area contributed by atoms with E-state index in [-0.39, 0.29) is 5.91 Å². The average Bonchev–Trinajstić information content (AvgIpc) is 2.54. The molecule has 8 heteroatoms. The second-order valence-electron chi connectivity index (χ2n) is 6.83. The molecule has 2 aromatic rings. The molecule has 1 atom stereocenters. The lowest BCUT2D eigenvalue weighted by Crippen LogP contribution is -2.45. The standard InChI is InChI=1S/C20H25N3O4S/c1-13-10-14(2)12-19(11-13)23(28(5,26)27)15(3)20(25)22-18-8-6-17(7-9-18)21-16(4)24/h6-12,15H,1-5H3,(H,21,24)(H,22,25)/t15-/m1/s1. The van der Waals surface area contributed by atoms with E-state index in [4.69, 9.17) is 0 Å². The fourth-order valence-corrected chi connectivity index (χ4v) is 4.13. The molecule has 0 saturated carbocycles. The molecule has 2 amide bonds. The van der Waals surface area contributed by atoms with Crippen LogP contribution in [0.1, 0.15) is 25.0 Å². The van der Waals surface area contributed by atoms with Gasteiger partial charge in [-0.15, -0.1) is 0 Å². The minimum absolute atomic E-state index is 0.192. The van der Waals surface area contributed by atoms with Crippen molar-refractivity contribution in [3.8, 4) is 0 Å². The molecule has 0 aliphatic carbocycles. The van der Waals surface area contributed by atoms with E-state index in [1.54, 1.807) is 43.3 Å². The van der Waals surface area contributed by atoms with Gasteiger partial charge in [-0.3, -0.25) is 13.9 Å². The Balaban J connectivity index is 2.25. The van der Waals surface area contributed by atoms with E-state index in [2.05, 4.69) is 10.6 Å². The fourth-order valence-electron chi connectivity index (χ4n) is 2.97. The summed E-state index contributed by atoms with van der Waals surface area (Å²) >= 11 is 0. The number of benzene rings is 2. The third-order valence-corrected chi connectivity index (χ3v) is 5.26. The van der Waals surface area contributed by atoms with E-state index in [0.717, 1.165) is 21.7 Å². The van der Waals surface area contributed by atoms with Crippen LogP contribution in [0.3, 0.4) is 0 Å². The summed E-state index contributed by atoms with van der Waals surface area (Å²) in [7, 11) is -3.68. The van der Waals surface area contributed by atoms with Gasteiger partial charge in [-0.2, -0.15) is 0 Å². The third-order valence-electron chi connectivity index (χ3n) is 4.02. The van der Waals surface area contributed by atoms with Gasteiger partial charge in [0.25, 0.3) is 0 Å². The van der Waals surface area contributed by atoms with E-state index in [0.29, 0.717) is 17.1 Å². The van der Waals surface area contributed by atoms with Gasteiger partial charge in [0.05, 0.1) is 11.9 Å². The predicted molar refractivity (Wildman–Crippen MR) is 112 cm³/mol. The SMILES string of the molecule is CC(=O)Nc1ccc(NC(=O)[C@@H](C)N(c2cc(C)cc(C)c2)S(C)(=O)=O)cc1. The highest BCUT2D eigenvalue weighted by atomic mass is 32.2. The number of anilines is 3. The van der Waals surface area contributed by atoms with Crippen LogP contribution in [0, 0.1) is 13.8 Å².